The third-order valence-corrected chi connectivity index (χ3v) is 1.47. The van der Waals surface area contributed by atoms with Crippen molar-refractivity contribution in [2.24, 2.45) is 5.73 Å². The fourth-order valence-electron chi connectivity index (χ4n) is 0.497. The molecule has 0 spiro atoms. The predicted octanol–water partition coefficient (Wildman–Crippen LogP) is -0.00430. The first kappa shape index (κ1) is 10.9. The highest BCUT2D eigenvalue weighted by atomic mass is 35.5. The lowest BCUT2D eigenvalue weighted by Crippen LogP contribution is -2.54. The number of nitrogens with two attached hydrogens (primary N) is 1. The van der Waals surface area contributed by atoms with Gasteiger partial charge < -0.3 is 15.9 Å². The molecule has 0 amide bonds. The Hall–Kier alpha value is -1.07. The lowest BCUT2D eigenvalue weighted by Gasteiger charge is -2.16. The smallest absolute Gasteiger partial charge is 0.335 e. The Balaban J connectivity index is 4.62. The normalized spacial score (nSPS) is 11.8. The summed E-state index contributed by atoms with van der Waals surface area (Å²) in [4.78, 5) is 20.8. The Kier molecular flexibility index (Phi) is 3.72. The van der Waals surface area contributed by atoms with Gasteiger partial charge in [0, 0.05) is 12.0 Å². The molecule has 0 aliphatic rings. The van der Waals surface area contributed by atoms with Crippen molar-refractivity contribution in [2.45, 2.75) is 12.0 Å². The monoisotopic (exact) mass is 193 g/mol. The second-order valence-corrected chi connectivity index (χ2v) is 2.40. The summed E-state index contributed by atoms with van der Waals surface area (Å²) in [6.07, 6.45) is 0.824. The van der Waals surface area contributed by atoms with E-state index in [0.29, 0.717) is 0 Å². The fraction of sp³-hybridized carbons (Fsp3) is 0.333. The van der Waals surface area contributed by atoms with Gasteiger partial charge in [-0.15, -0.1) is 0 Å². The number of halogens is 1. The average Bonchev–Trinajstić information content (AvgIpc) is 1.99. The van der Waals surface area contributed by atoms with Gasteiger partial charge in [0.05, 0.1) is 0 Å². The number of hydrogen-bond acceptors (Lipinski definition) is 3. The van der Waals surface area contributed by atoms with Crippen molar-refractivity contribution in [1.29, 1.82) is 0 Å². The summed E-state index contributed by atoms with van der Waals surface area (Å²) in [5, 5.41) is 16.9. The van der Waals surface area contributed by atoms with Crippen molar-refractivity contribution < 1.29 is 19.8 Å². The standard InChI is InChI=1S/C6H8ClNO4/c7-3-1-2-6(8,4(9)10)5(11)12/h1,3H,2,8H2,(H,9,10)(H,11,12)/b3-1+. The molecule has 0 aliphatic carbocycles. The summed E-state index contributed by atoms with van der Waals surface area (Å²) >= 11 is 5.09. The first-order valence-corrected chi connectivity index (χ1v) is 3.39. The van der Waals surface area contributed by atoms with Gasteiger partial charge in [0.25, 0.3) is 0 Å². The number of carbonyl (C=O) groups is 2. The van der Waals surface area contributed by atoms with Crippen LogP contribution in [0, 0.1) is 0 Å². The van der Waals surface area contributed by atoms with E-state index in [1.165, 1.54) is 6.08 Å². The SMILES string of the molecule is NC(C/C=C/Cl)(C(=O)O)C(=O)O. The molecular formula is C6H8ClNO4. The molecule has 0 fully saturated rings. The molecule has 0 atom stereocenters. The Morgan fingerprint density at radius 3 is 2.08 bits per heavy atom. The third-order valence-electron chi connectivity index (χ3n) is 1.29. The molecule has 5 nitrogen and oxygen atoms in total. The lowest BCUT2D eigenvalue weighted by atomic mass is 9.97. The third kappa shape index (κ3) is 2.21. The van der Waals surface area contributed by atoms with Crippen LogP contribution in [0.5, 0.6) is 0 Å². The summed E-state index contributed by atoms with van der Waals surface area (Å²) in [7, 11) is 0. The molecule has 0 aromatic heterocycles. The van der Waals surface area contributed by atoms with Crippen LogP contribution in [-0.2, 0) is 9.59 Å². The molecule has 12 heavy (non-hydrogen) atoms. The molecular weight excluding hydrogens is 186 g/mol. The zero-order valence-electron chi connectivity index (χ0n) is 6.03. The highest BCUT2D eigenvalue weighted by Crippen LogP contribution is 2.08. The van der Waals surface area contributed by atoms with E-state index in [9.17, 15) is 9.59 Å². The first-order valence-electron chi connectivity index (χ1n) is 2.96. The zero-order chi connectivity index (χ0) is 9.78. The number of rotatable bonds is 4. The van der Waals surface area contributed by atoms with Crippen molar-refractivity contribution in [3.63, 3.8) is 0 Å². The number of aliphatic carboxylic acids is 2. The molecule has 0 aromatic rings. The molecule has 0 radical (unpaired) electrons. The highest BCUT2D eigenvalue weighted by Gasteiger charge is 2.41. The van der Waals surface area contributed by atoms with E-state index in [0.717, 1.165) is 5.54 Å². The summed E-state index contributed by atoms with van der Waals surface area (Å²) < 4.78 is 0. The molecule has 4 N–H and O–H groups in total. The maximum Gasteiger partial charge on any atom is 0.335 e. The van der Waals surface area contributed by atoms with Crippen molar-refractivity contribution in [3.05, 3.63) is 11.6 Å². The first-order chi connectivity index (χ1) is 5.45. The topological polar surface area (TPSA) is 101 Å². The van der Waals surface area contributed by atoms with Crippen molar-refractivity contribution in [1.82, 2.24) is 0 Å². The largest absolute Gasteiger partial charge is 0.479 e. The summed E-state index contributed by atoms with van der Waals surface area (Å²) in [6, 6.07) is 0. The van der Waals surface area contributed by atoms with Crippen molar-refractivity contribution in [3.8, 4) is 0 Å². The van der Waals surface area contributed by atoms with Crippen LogP contribution in [0.1, 0.15) is 6.42 Å². The summed E-state index contributed by atoms with van der Waals surface area (Å²) in [5.41, 5.74) is 3.80. The minimum atomic E-state index is -2.29. The van der Waals surface area contributed by atoms with Gasteiger partial charge in [0.2, 0.25) is 5.54 Å². The van der Waals surface area contributed by atoms with Crippen LogP contribution in [0.3, 0.4) is 0 Å². The highest BCUT2D eigenvalue weighted by molar-refractivity contribution is 6.25. The van der Waals surface area contributed by atoms with Crippen molar-refractivity contribution in [2.75, 3.05) is 0 Å². The number of carboxylic acids is 2. The van der Waals surface area contributed by atoms with Gasteiger partial charge in [-0.05, 0) is 0 Å². The molecule has 0 saturated heterocycles. The van der Waals surface area contributed by atoms with Gasteiger partial charge in [0.15, 0.2) is 0 Å². The molecule has 0 rings (SSSR count). The summed E-state index contributed by atoms with van der Waals surface area (Å²) in [5.74, 6) is -3.19. The van der Waals surface area contributed by atoms with Crippen LogP contribution in [0.2, 0.25) is 0 Å². The molecule has 0 aliphatic heterocycles. The average molecular weight is 194 g/mol. The number of carboxylic acid groups (broad SMARTS) is 2. The Labute approximate surface area is 73.4 Å². The molecule has 0 bridgehead atoms. The Bertz CT molecular complexity index is 212. The molecule has 0 saturated carbocycles. The van der Waals surface area contributed by atoms with E-state index in [-0.39, 0.29) is 6.42 Å². The van der Waals surface area contributed by atoms with E-state index in [1.807, 2.05) is 0 Å². The van der Waals surface area contributed by atoms with Crippen molar-refractivity contribution >= 4 is 23.5 Å². The van der Waals surface area contributed by atoms with Gasteiger partial charge in [0.1, 0.15) is 0 Å². The van der Waals surface area contributed by atoms with E-state index >= 15 is 0 Å². The van der Waals surface area contributed by atoms with Crippen LogP contribution in [0.25, 0.3) is 0 Å². The maximum absolute atomic E-state index is 10.4. The van der Waals surface area contributed by atoms with Gasteiger partial charge >= 0.3 is 11.9 Å². The molecule has 0 unspecified atom stereocenters. The predicted molar refractivity (Wildman–Crippen MR) is 41.8 cm³/mol. The van der Waals surface area contributed by atoms with Crippen LogP contribution in [0.4, 0.5) is 0 Å². The molecule has 0 heterocycles. The van der Waals surface area contributed by atoms with Crippen LogP contribution in [0.15, 0.2) is 11.6 Å². The van der Waals surface area contributed by atoms with Gasteiger partial charge in [-0.2, -0.15) is 0 Å². The number of hydrogen-bond donors (Lipinski definition) is 3. The molecule has 6 heteroatoms. The van der Waals surface area contributed by atoms with E-state index in [2.05, 4.69) is 0 Å². The van der Waals surface area contributed by atoms with Gasteiger partial charge in [-0.25, -0.2) is 9.59 Å². The van der Waals surface area contributed by atoms with Crippen LogP contribution < -0.4 is 5.73 Å². The van der Waals surface area contributed by atoms with E-state index < -0.39 is 17.5 Å². The van der Waals surface area contributed by atoms with E-state index in [4.69, 9.17) is 27.5 Å². The van der Waals surface area contributed by atoms with Gasteiger partial charge in [-0.3, -0.25) is 0 Å². The molecule has 0 aromatic carbocycles. The van der Waals surface area contributed by atoms with Crippen LogP contribution >= 0.6 is 11.6 Å². The lowest BCUT2D eigenvalue weighted by molar-refractivity contribution is -0.156. The minimum Gasteiger partial charge on any atom is -0.479 e. The van der Waals surface area contributed by atoms with Gasteiger partial charge in [-0.1, -0.05) is 17.7 Å². The Morgan fingerprint density at radius 2 is 1.83 bits per heavy atom. The summed E-state index contributed by atoms with van der Waals surface area (Å²) in [6.45, 7) is 0. The second-order valence-electron chi connectivity index (χ2n) is 2.15. The second kappa shape index (κ2) is 4.08. The Morgan fingerprint density at radius 1 is 1.42 bits per heavy atom. The maximum atomic E-state index is 10.4. The quantitative estimate of drug-likeness (QED) is 0.546. The molecule has 68 valence electrons. The fourth-order valence-corrected chi connectivity index (χ4v) is 0.586. The zero-order valence-corrected chi connectivity index (χ0v) is 6.78. The van der Waals surface area contributed by atoms with E-state index in [1.54, 1.807) is 0 Å². The van der Waals surface area contributed by atoms with Crippen LogP contribution in [-0.4, -0.2) is 27.7 Å². The minimum absolute atomic E-state index is 0.346.